The third-order valence-electron chi connectivity index (χ3n) is 3.20. The molecule has 0 saturated carbocycles. The van der Waals surface area contributed by atoms with E-state index in [1.54, 1.807) is 11.8 Å². The molecule has 2 atom stereocenters. The molecule has 112 valence electrons. The van der Waals surface area contributed by atoms with Gasteiger partial charge in [0.2, 0.25) is 0 Å². The Labute approximate surface area is 128 Å². The van der Waals surface area contributed by atoms with E-state index < -0.39 is 11.6 Å². The first-order chi connectivity index (χ1) is 10.1. The standard InChI is InChI=1S/C13H13F2N3OS2/c1-6-11(21-3-2-20-6)12-17-13(19-18-12)7-4-10(16)9(15)5-8(7)14/h4-6,11H,2-3,16H2,1H3. The summed E-state index contributed by atoms with van der Waals surface area (Å²) < 4.78 is 32.1. The first kappa shape index (κ1) is 14.6. The minimum Gasteiger partial charge on any atom is -0.396 e. The zero-order chi connectivity index (χ0) is 15.0. The van der Waals surface area contributed by atoms with Gasteiger partial charge in [-0.2, -0.15) is 16.7 Å². The van der Waals surface area contributed by atoms with Crippen molar-refractivity contribution in [3.63, 3.8) is 0 Å². The van der Waals surface area contributed by atoms with Crippen LogP contribution in [0.5, 0.6) is 0 Å². The van der Waals surface area contributed by atoms with Crippen LogP contribution in [0.2, 0.25) is 0 Å². The molecule has 0 radical (unpaired) electrons. The van der Waals surface area contributed by atoms with Gasteiger partial charge in [-0.3, -0.25) is 0 Å². The number of halogens is 2. The summed E-state index contributed by atoms with van der Waals surface area (Å²) in [4.78, 5) is 4.26. The van der Waals surface area contributed by atoms with E-state index in [0.29, 0.717) is 11.1 Å². The number of nitrogens with two attached hydrogens (primary N) is 1. The summed E-state index contributed by atoms with van der Waals surface area (Å²) in [5.74, 6) is 1.10. The molecule has 2 unspecified atom stereocenters. The number of thioether (sulfide) groups is 2. The highest BCUT2D eigenvalue weighted by Gasteiger charge is 2.29. The van der Waals surface area contributed by atoms with Gasteiger partial charge in [0.15, 0.2) is 5.82 Å². The molecule has 3 rings (SSSR count). The first-order valence-corrected chi connectivity index (χ1v) is 8.47. The van der Waals surface area contributed by atoms with Crippen LogP contribution < -0.4 is 5.73 Å². The Morgan fingerprint density at radius 2 is 2.00 bits per heavy atom. The molecule has 1 saturated heterocycles. The first-order valence-electron chi connectivity index (χ1n) is 6.38. The lowest BCUT2D eigenvalue weighted by molar-refractivity contribution is 0.419. The molecule has 1 aliphatic heterocycles. The monoisotopic (exact) mass is 329 g/mol. The summed E-state index contributed by atoms with van der Waals surface area (Å²) >= 11 is 3.61. The van der Waals surface area contributed by atoms with E-state index >= 15 is 0 Å². The van der Waals surface area contributed by atoms with Crippen LogP contribution >= 0.6 is 23.5 Å². The Balaban J connectivity index is 1.93. The molecule has 2 N–H and O–H groups in total. The van der Waals surface area contributed by atoms with E-state index in [1.165, 1.54) is 6.07 Å². The predicted molar refractivity (Wildman–Crippen MR) is 81.2 cm³/mol. The van der Waals surface area contributed by atoms with Crippen molar-refractivity contribution in [2.75, 3.05) is 17.2 Å². The van der Waals surface area contributed by atoms with Crippen LogP contribution in [0, 0.1) is 11.6 Å². The number of hydrogen-bond donors (Lipinski definition) is 1. The maximum absolute atomic E-state index is 13.8. The number of benzene rings is 1. The molecule has 2 aromatic rings. The number of nitrogens with zero attached hydrogens (tertiary/aromatic N) is 2. The molecule has 1 aromatic carbocycles. The highest BCUT2D eigenvalue weighted by atomic mass is 32.2. The Hall–Kier alpha value is -1.28. The van der Waals surface area contributed by atoms with Crippen molar-refractivity contribution in [1.29, 1.82) is 0 Å². The Kier molecular flexibility index (Phi) is 4.08. The molecule has 0 spiro atoms. The van der Waals surface area contributed by atoms with Gasteiger partial charge in [0, 0.05) is 22.8 Å². The van der Waals surface area contributed by atoms with Crippen molar-refractivity contribution in [2.45, 2.75) is 17.4 Å². The molecule has 0 bridgehead atoms. The number of hydrogen-bond acceptors (Lipinski definition) is 6. The van der Waals surface area contributed by atoms with E-state index in [-0.39, 0.29) is 22.4 Å². The summed E-state index contributed by atoms with van der Waals surface area (Å²) in [5, 5.41) is 4.41. The lowest BCUT2D eigenvalue weighted by Crippen LogP contribution is -2.16. The molecule has 4 nitrogen and oxygen atoms in total. The minimum atomic E-state index is -0.802. The van der Waals surface area contributed by atoms with Crippen LogP contribution in [-0.4, -0.2) is 26.9 Å². The van der Waals surface area contributed by atoms with Crippen LogP contribution in [-0.2, 0) is 0 Å². The topological polar surface area (TPSA) is 64.9 Å². The van der Waals surface area contributed by atoms with E-state index in [2.05, 4.69) is 17.1 Å². The van der Waals surface area contributed by atoms with Crippen LogP contribution in [0.4, 0.5) is 14.5 Å². The molecular formula is C13H13F2N3OS2. The van der Waals surface area contributed by atoms with Gasteiger partial charge in [-0.15, -0.1) is 11.8 Å². The number of rotatable bonds is 2. The minimum absolute atomic E-state index is 0.0220. The largest absolute Gasteiger partial charge is 0.396 e. The average Bonchev–Trinajstić information content (AvgIpc) is 2.92. The van der Waals surface area contributed by atoms with Crippen LogP contribution in [0.15, 0.2) is 16.7 Å². The van der Waals surface area contributed by atoms with Gasteiger partial charge in [0.05, 0.1) is 16.5 Å². The zero-order valence-electron chi connectivity index (χ0n) is 11.2. The second kappa shape index (κ2) is 5.84. The van der Waals surface area contributed by atoms with Gasteiger partial charge >= 0.3 is 0 Å². The van der Waals surface area contributed by atoms with Crippen molar-refractivity contribution < 1.29 is 13.3 Å². The third kappa shape index (κ3) is 2.87. The molecule has 0 amide bonds. The predicted octanol–water partition coefficient (Wildman–Crippen LogP) is 3.51. The maximum Gasteiger partial charge on any atom is 0.261 e. The van der Waals surface area contributed by atoms with Crippen molar-refractivity contribution in [1.82, 2.24) is 10.1 Å². The van der Waals surface area contributed by atoms with Crippen molar-refractivity contribution in [3.05, 3.63) is 29.6 Å². The smallest absolute Gasteiger partial charge is 0.261 e. The molecule has 8 heteroatoms. The fraction of sp³-hybridized carbons (Fsp3) is 0.385. The van der Waals surface area contributed by atoms with Gasteiger partial charge in [-0.1, -0.05) is 12.1 Å². The molecule has 1 fully saturated rings. The van der Waals surface area contributed by atoms with E-state index in [0.717, 1.165) is 17.6 Å². The molecule has 1 aliphatic rings. The summed E-state index contributed by atoms with van der Waals surface area (Å²) in [6, 6.07) is 1.90. The van der Waals surface area contributed by atoms with Gasteiger partial charge < -0.3 is 10.3 Å². The van der Waals surface area contributed by atoms with E-state index in [4.69, 9.17) is 10.3 Å². The Bertz CT molecular complexity index is 665. The van der Waals surface area contributed by atoms with E-state index in [9.17, 15) is 8.78 Å². The molecule has 21 heavy (non-hydrogen) atoms. The van der Waals surface area contributed by atoms with Crippen LogP contribution in [0.1, 0.15) is 18.0 Å². The fourth-order valence-corrected chi connectivity index (χ4v) is 4.79. The van der Waals surface area contributed by atoms with E-state index in [1.807, 2.05) is 11.8 Å². The van der Waals surface area contributed by atoms with Gasteiger partial charge in [0.25, 0.3) is 5.89 Å². The molecular weight excluding hydrogens is 316 g/mol. The highest BCUT2D eigenvalue weighted by molar-refractivity contribution is 8.06. The normalized spacial score (nSPS) is 22.4. The average molecular weight is 329 g/mol. The van der Waals surface area contributed by atoms with Crippen molar-refractivity contribution in [3.8, 4) is 11.5 Å². The van der Waals surface area contributed by atoms with Crippen molar-refractivity contribution >= 4 is 29.2 Å². The van der Waals surface area contributed by atoms with Gasteiger partial charge in [-0.25, -0.2) is 8.78 Å². The second-order valence-electron chi connectivity index (χ2n) is 4.68. The summed E-state index contributed by atoms with van der Waals surface area (Å²) in [7, 11) is 0. The Morgan fingerprint density at radius 3 is 2.76 bits per heavy atom. The Morgan fingerprint density at radius 1 is 1.24 bits per heavy atom. The third-order valence-corrected chi connectivity index (χ3v) is 6.29. The molecule has 1 aromatic heterocycles. The fourth-order valence-electron chi connectivity index (χ4n) is 2.11. The summed E-state index contributed by atoms with van der Waals surface area (Å²) in [6.45, 7) is 2.11. The summed E-state index contributed by atoms with van der Waals surface area (Å²) in [6.07, 6.45) is 0. The van der Waals surface area contributed by atoms with Crippen molar-refractivity contribution in [2.24, 2.45) is 0 Å². The number of anilines is 1. The molecule has 0 aliphatic carbocycles. The number of aromatic nitrogens is 2. The number of nitrogen functional groups attached to an aromatic ring is 1. The molecule has 2 heterocycles. The summed E-state index contributed by atoms with van der Waals surface area (Å²) in [5.41, 5.74) is 5.33. The second-order valence-corrected chi connectivity index (χ2v) is 7.41. The maximum atomic E-state index is 13.8. The zero-order valence-corrected chi connectivity index (χ0v) is 12.8. The quantitative estimate of drug-likeness (QED) is 0.851. The highest BCUT2D eigenvalue weighted by Crippen LogP contribution is 2.41. The SMILES string of the molecule is CC1SCCSC1c1noc(-c2cc(N)c(F)cc2F)n1. The lowest BCUT2D eigenvalue weighted by Gasteiger charge is -2.24. The van der Waals surface area contributed by atoms with Gasteiger partial charge in [-0.05, 0) is 6.07 Å². The lowest BCUT2D eigenvalue weighted by atomic mass is 10.2. The van der Waals surface area contributed by atoms with Crippen LogP contribution in [0.25, 0.3) is 11.5 Å². The van der Waals surface area contributed by atoms with Crippen LogP contribution in [0.3, 0.4) is 0 Å². The van der Waals surface area contributed by atoms with Gasteiger partial charge in [0.1, 0.15) is 11.6 Å².